The molecule has 108 valence electrons. The lowest BCUT2D eigenvalue weighted by Gasteiger charge is -2.04. The molecule has 1 aromatic carbocycles. The predicted octanol–water partition coefficient (Wildman–Crippen LogP) is 0.567. The first-order chi connectivity index (χ1) is 10.1. The fourth-order valence-corrected chi connectivity index (χ4v) is 2.52. The summed E-state index contributed by atoms with van der Waals surface area (Å²) in [5.74, 6) is 5.39. The average Bonchev–Trinajstić information content (AvgIpc) is 3.03. The molecule has 2 heterocycles. The van der Waals surface area contributed by atoms with E-state index in [9.17, 15) is 4.79 Å². The molecular formula is C12H12N6O2S. The van der Waals surface area contributed by atoms with Crippen LogP contribution in [0.25, 0.3) is 11.0 Å². The number of thioether (sulfide) groups is 1. The Morgan fingerprint density at radius 3 is 2.95 bits per heavy atom. The number of para-hydroxylation sites is 2. The number of hydrogen-bond donors (Lipinski definition) is 2. The quantitative estimate of drug-likeness (QED) is 0.523. The van der Waals surface area contributed by atoms with Gasteiger partial charge in [0, 0.05) is 0 Å². The van der Waals surface area contributed by atoms with Crippen molar-refractivity contribution >= 4 is 28.8 Å². The van der Waals surface area contributed by atoms with Crippen LogP contribution in [0.2, 0.25) is 0 Å². The summed E-state index contributed by atoms with van der Waals surface area (Å²) in [6.45, 7) is 0.414. The zero-order valence-corrected chi connectivity index (χ0v) is 11.7. The summed E-state index contributed by atoms with van der Waals surface area (Å²) in [5, 5.41) is 16.9. The van der Waals surface area contributed by atoms with Crippen molar-refractivity contribution in [3.63, 3.8) is 0 Å². The van der Waals surface area contributed by atoms with Gasteiger partial charge in [-0.2, -0.15) is 0 Å². The summed E-state index contributed by atoms with van der Waals surface area (Å²) >= 11 is 1.03. The van der Waals surface area contributed by atoms with E-state index in [1.165, 1.54) is 4.68 Å². The molecule has 21 heavy (non-hydrogen) atoms. The summed E-state index contributed by atoms with van der Waals surface area (Å²) < 4.78 is 3.22. The molecule has 0 amide bonds. The van der Waals surface area contributed by atoms with Crippen LogP contribution in [0, 0.1) is 0 Å². The van der Waals surface area contributed by atoms with Crippen molar-refractivity contribution < 1.29 is 9.90 Å². The minimum absolute atomic E-state index is 0.108. The van der Waals surface area contributed by atoms with Crippen molar-refractivity contribution in [3.05, 3.63) is 36.4 Å². The van der Waals surface area contributed by atoms with Crippen molar-refractivity contribution in [1.82, 2.24) is 24.4 Å². The fraction of sp³-hybridized carbons (Fsp3) is 0.167. The first-order valence-electron chi connectivity index (χ1n) is 6.09. The van der Waals surface area contributed by atoms with Crippen molar-refractivity contribution in [1.29, 1.82) is 0 Å². The molecule has 0 saturated carbocycles. The Hall–Kier alpha value is -2.55. The van der Waals surface area contributed by atoms with Gasteiger partial charge in [0.25, 0.3) is 0 Å². The summed E-state index contributed by atoms with van der Waals surface area (Å²) in [5.41, 5.74) is 1.86. The van der Waals surface area contributed by atoms with E-state index in [0.29, 0.717) is 17.5 Å². The molecule has 0 saturated heterocycles. The van der Waals surface area contributed by atoms with E-state index in [-0.39, 0.29) is 5.75 Å². The number of aliphatic carboxylic acids is 1. The van der Waals surface area contributed by atoms with Gasteiger partial charge in [-0.25, -0.2) is 9.66 Å². The Labute approximate surface area is 123 Å². The number of nitrogen functional groups attached to an aromatic ring is 1. The zero-order chi connectivity index (χ0) is 14.8. The van der Waals surface area contributed by atoms with Crippen LogP contribution in [0.1, 0.15) is 5.82 Å². The molecule has 0 aliphatic heterocycles. The molecule has 0 aliphatic carbocycles. The van der Waals surface area contributed by atoms with E-state index in [1.807, 2.05) is 28.8 Å². The minimum Gasteiger partial charge on any atom is -0.481 e. The van der Waals surface area contributed by atoms with Gasteiger partial charge in [0.15, 0.2) is 5.82 Å². The van der Waals surface area contributed by atoms with Crippen LogP contribution >= 0.6 is 11.8 Å². The number of benzene rings is 1. The van der Waals surface area contributed by atoms with E-state index in [1.54, 1.807) is 6.33 Å². The van der Waals surface area contributed by atoms with E-state index >= 15 is 0 Å². The number of carbonyl (C=O) groups is 1. The van der Waals surface area contributed by atoms with Gasteiger partial charge in [-0.1, -0.05) is 23.9 Å². The second-order valence-electron chi connectivity index (χ2n) is 4.31. The Morgan fingerprint density at radius 1 is 1.33 bits per heavy atom. The first-order valence-corrected chi connectivity index (χ1v) is 7.07. The fourth-order valence-electron chi connectivity index (χ4n) is 1.93. The van der Waals surface area contributed by atoms with Crippen molar-refractivity contribution in [2.24, 2.45) is 0 Å². The molecule has 0 radical (unpaired) electrons. The zero-order valence-electron chi connectivity index (χ0n) is 10.9. The van der Waals surface area contributed by atoms with Gasteiger partial charge in [0.2, 0.25) is 5.16 Å². The standard InChI is InChI=1S/C12H12N6O2S/c13-18-10(15-16-12(18)21-6-11(19)20)5-17-7-14-8-3-1-2-4-9(8)17/h1-4,7H,5-6,13H2,(H,19,20). The maximum absolute atomic E-state index is 10.6. The van der Waals surface area contributed by atoms with Gasteiger partial charge >= 0.3 is 5.97 Å². The van der Waals surface area contributed by atoms with Crippen molar-refractivity contribution in [3.8, 4) is 0 Å². The Bertz CT molecular complexity index is 796. The van der Waals surface area contributed by atoms with E-state index < -0.39 is 5.97 Å². The summed E-state index contributed by atoms with van der Waals surface area (Å²) in [6.07, 6.45) is 1.71. The molecule has 0 atom stereocenters. The molecule has 0 spiro atoms. The lowest BCUT2D eigenvalue weighted by atomic mass is 10.3. The van der Waals surface area contributed by atoms with Gasteiger partial charge < -0.3 is 15.5 Å². The number of carboxylic acid groups (broad SMARTS) is 1. The van der Waals surface area contributed by atoms with Gasteiger partial charge in [-0.05, 0) is 12.1 Å². The highest BCUT2D eigenvalue weighted by Gasteiger charge is 2.13. The van der Waals surface area contributed by atoms with Crippen LogP contribution in [0.3, 0.4) is 0 Å². The Balaban J connectivity index is 1.83. The number of fused-ring (bicyclic) bond motifs is 1. The Kier molecular flexibility index (Phi) is 3.48. The highest BCUT2D eigenvalue weighted by Crippen LogP contribution is 2.16. The molecule has 0 fully saturated rings. The topological polar surface area (TPSA) is 112 Å². The molecule has 8 nitrogen and oxygen atoms in total. The third kappa shape index (κ3) is 2.68. The molecule has 2 aromatic heterocycles. The molecule has 9 heteroatoms. The third-order valence-electron chi connectivity index (χ3n) is 2.90. The number of nitrogens with zero attached hydrogens (tertiary/aromatic N) is 5. The lowest BCUT2D eigenvalue weighted by Crippen LogP contribution is -2.16. The predicted molar refractivity (Wildman–Crippen MR) is 77.4 cm³/mol. The highest BCUT2D eigenvalue weighted by atomic mass is 32.2. The lowest BCUT2D eigenvalue weighted by molar-refractivity contribution is -0.133. The van der Waals surface area contributed by atoms with Crippen LogP contribution in [-0.2, 0) is 11.3 Å². The largest absolute Gasteiger partial charge is 0.481 e. The van der Waals surface area contributed by atoms with Crippen LogP contribution in [-0.4, -0.2) is 41.3 Å². The Morgan fingerprint density at radius 2 is 2.14 bits per heavy atom. The number of imidazole rings is 1. The van der Waals surface area contributed by atoms with Crippen LogP contribution in [0.4, 0.5) is 0 Å². The third-order valence-corrected chi connectivity index (χ3v) is 3.83. The van der Waals surface area contributed by atoms with E-state index in [2.05, 4.69) is 15.2 Å². The molecule has 0 aliphatic rings. The normalized spacial score (nSPS) is 11.0. The maximum atomic E-state index is 10.6. The second kappa shape index (κ2) is 5.44. The van der Waals surface area contributed by atoms with E-state index in [0.717, 1.165) is 22.8 Å². The second-order valence-corrected chi connectivity index (χ2v) is 5.25. The molecule has 0 unspecified atom stereocenters. The molecule has 3 rings (SSSR count). The summed E-state index contributed by atoms with van der Waals surface area (Å²) in [7, 11) is 0. The highest BCUT2D eigenvalue weighted by molar-refractivity contribution is 7.99. The molecule has 0 bridgehead atoms. The SMILES string of the molecule is Nn1c(Cn2cnc3ccccc32)nnc1SCC(=O)O. The van der Waals surface area contributed by atoms with Crippen molar-refractivity contribution in [2.45, 2.75) is 11.7 Å². The molecule has 3 N–H and O–H groups in total. The molecule has 3 aromatic rings. The van der Waals surface area contributed by atoms with Gasteiger partial charge in [-0.3, -0.25) is 4.79 Å². The molecular weight excluding hydrogens is 292 g/mol. The maximum Gasteiger partial charge on any atom is 0.313 e. The first kappa shape index (κ1) is 13.4. The monoisotopic (exact) mass is 304 g/mol. The van der Waals surface area contributed by atoms with Crippen LogP contribution < -0.4 is 5.84 Å². The van der Waals surface area contributed by atoms with Crippen molar-refractivity contribution in [2.75, 3.05) is 11.6 Å². The number of rotatable bonds is 5. The number of carboxylic acids is 1. The number of nitrogens with two attached hydrogens (primary N) is 1. The van der Waals surface area contributed by atoms with Crippen LogP contribution in [0.15, 0.2) is 35.7 Å². The van der Waals surface area contributed by atoms with Gasteiger partial charge in [0.05, 0.1) is 29.7 Å². The van der Waals surface area contributed by atoms with E-state index in [4.69, 9.17) is 10.9 Å². The van der Waals surface area contributed by atoms with Crippen LogP contribution in [0.5, 0.6) is 0 Å². The number of hydrogen-bond acceptors (Lipinski definition) is 6. The minimum atomic E-state index is -0.926. The summed E-state index contributed by atoms with van der Waals surface area (Å²) in [4.78, 5) is 14.9. The average molecular weight is 304 g/mol. The van der Waals surface area contributed by atoms with Gasteiger partial charge in [-0.15, -0.1) is 10.2 Å². The smallest absolute Gasteiger partial charge is 0.313 e. The number of aromatic nitrogens is 5. The summed E-state index contributed by atoms with van der Waals surface area (Å²) in [6, 6.07) is 7.74. The van der Waals surface area contributed by atoms with Gasteiger partial charge in [0.1, 0.15) is 0 Å².